The number of carbonyl (C=O) groups is 1. The molecule has 1 atom stereocenters. The van der Waals surface area contributed by atoms with E-state index in [9.17, 15) is 4.79 Å². The lowest BCUT2D eigenvalue weighted by atomic mass is 10.1. The van der Waals surface area contributed by atoms with E-state index >= 15 is 0 Å². The Morgan fingerprint density at radius 1 is 1.38 bits per heavy atom. The summed E-state index contributed by atoms with van der Waals surface area (Å²) in [5.41, 5.74) is 1.66. The number of methoxy groups -OCH3 is 1. The molecule has 0 saturated carbocycles. The van der Waals surface area contributed by atoms with Gasteiger partial charge in [-0.2, -0.15) is 0 Å². The molecule has 21 heavy (non-hydrogen) atoms. The average molecular weight is 287 g/mol. The van der Waals surface area contributed by atoms with Crippen LogP contribution in [-0.2, 0) is 0 Å². The zero-order valence-electron chi connectivity index (χ0n) is 12.9. The van der Waals surface area contributed by atoms with E-state index in [4.69, 9.17) is 9.15 Å². The Kier molecular flexibility index (Phi) is 4.68. The monoisotopic (exact) mass is 287 g/mol. The quantitative estimate of drug-likeness (QED) is 0.839. The predicted molar refractivity (Wildman–Crippen MR) is 81.6 cm³/mol. The summed E-state index contributed by atoms with van der Waals surface area (Å²) in [7, 11) is 1.64. The maximum Gasteiger partial charge on any atom is 0.257 e. The van der Waals surface area contributed by atoms with Gasteiger partial charge in [0.05, 0.1) is 25.0 Å². The molecule has 0 saturated heterocycles. The molecule has 1 unspecified atom stereocenters. The molecule has 0 aliphatic carbocycles. The van der Waals surface area contributed by atoms with Gasteiger partial charge in [0, 0.05) is 6.54 Å². The van der Waals surface area contributed by atoms with Crippen molar-refractivity contribution in [2.45, 2.75) is 26.8 Å². The molecule has 1 amide bonds. The van der Waals surface area contributed by atoms with E-state index in [1.807, 2.05) is 43.0 Å². The van der Waals surface area contributed by atoms with Crippen molar-refractivity contribution in [3.8, 4) is 5.75 Å². The summed E-state index contributed by atoms with van der Waals surface area (Å²) in [5, 5.41) is 0. The Morgan fingerprint density at radius 2 is 2.14 bits per heavy atom. The molecule has 1 aromatic heterocycles. The third-order valence-electron chi connectivity index (χ3n) is 3.73. The van der Waals surface area contributed by atoms with E-state index in [1.54, 1.807) is 26.4 Å². The Labute approximate surface area is 125 Å². The average Bonchev–Trinajstić information content (AvgIpc) is 2.94. The number of benzene rings is 1. The van der Waals surface area contributed by atoms with E-state index in [0.29, 0.717) is 17.9 Å². The van der Waals surface area contributed by atoms with E-state index < -0.39 is 0 Å². The molecular formula is C17H21NO3. The van der Waals surface area contributed by atoms with Crippen molar-refractivity contribution in [3.63, 3.8) is 0 Å². The van der Waals surface area contributed by atoms with Crippen molar-refractivity contribution in [1.82, 2.24) is 4.90 Å². The summed E-state index contributed by atoms with van der Waals surface area (Å²) in [4.78, 5) is 14.5. The second-order valence-electron chi connectivity index (χ2n) is 4.93. The summed E-state index contributed by atoms with van der Waals surface area (Å²) >= 11 is 0. The van der Waals surface area contributed by atoms with E-state index in [-0.39, 0.29) is 11.9 Å². The molecule has 112 valence electrons. The maximum atomic E-state index is 12.7. The second kappa shape index (κ2) is 6.48. The number of ether oxygens (including phenoxy) is 1. The Bertz CT molecular complexity index is 618. The fourth-order valence-electron chi connectivity index (χ4n) is 2.44. The first-order chi connectivity index (χ1) is 10.1. The standard InChI is InChI=1S/C17H21NO3/c1-5-18(17(19)16-9-10-21-13(16)3)12(2)14-7-6-8-15(11-14)20-4/h6-12H,5H2,1-4H3. The van der Waals surface area contributed by atoms with Crippen LogP contribution < -0.4 is 4.74 Å². The van der Waals surface area contributed by atoms with Crippen LogP contribution in [-0.4, -0.2) is 24.5 Å². The smallest absolute Gasteiger partial charge is 0.257 e. The van der Waals surface area contributed by atoms with Crippen LogP contribution in [0.1, 0.15) is 41.6 Å². The van der Waals surface area contributed by atoms with Crippen molar-refractivity contribution in [2.75, 3.05) is 13.7 Å². The third kappa shape index (κ3) is 3.10. The van der Waals surface area contributed by atoms with Gasteiger partial charge in [0.2, 0.25) is 0 Å². The lowest BCUT2D eigenvalue weighted by Gasteiger charge is -2.28. The van der Waals surface area contributed by atoms with Crippen molar-refractivity contribution in [2.24, 2.45) is 0 Å². The molecule has 1 heterocycles. The van der Waals surface area contributed by atoms with Crippen molar-refractivity contribution in [3.05, 3.63) is 53.5 Å². The SMILES string of the molecule is CCN(C(=O)c1ccoc1C)C(C)c1cccc(OC)c1. The fraction of sp³-hybridized carbons (Fsp3) is 0.353. The van der Waals surface area contributed by atoms with Crippen LogP contribution in [0.2, 0.25) is 0 Å². The lowest BCUT2D eigenvalue weighted by Crippen LogP contribution is -2.33. The topological polar surface area (TPSA) is 42.7 Å². The number of hydrogen-bond donors (Lipinski definition) is 0. The van der Waals surface area contributed by atoms with Gasteiger partial charge in [-0.3, -0.25) is 4.79 Å². The highest BCUT2D eigenvalue weighted by Gasteiger charge is 2.23. The first kappa shape index (κ1) is 15.2. The highest BCUT2D eigenvalue weighted by Crippen LogP contribution is 2.26. The number of amides is 1. The first-order valence-electron chi connectivity index (χ1n) is 7.07. The second-order valence-corrected chi connectivity index (χ2v) is 4.93. The Balaban J connectivity index is 2.28. The summed E-state index contributed by atoms with van der Waals surface area (Å²) in [5.74, 6) is 1.43. The summed E-state index contributed by atoms with van der Waals surface area (Å²) in [6.45, 7) is 6.43. The highest BCUT2D eigenvalue weighted by molar-refractivity contribution is 5.95. The van der Waals surface area contributed by atoms with Crippen LogP contribution in [0.25, 0.3) is 0 Å². The fourth-order valence-corrected chi connectivity index (χ4v) is 2.44. The van der Waals surface area contributed by atoms with Crippen molar-refractivity contribution in [1.29, 1.82) is 0 Å². The number of aryl methyl sites for hydroxylation is 1. The van der Waals surface area contributed by atoms with Crippen molar-refractivity contribution < 1.29 is 13.9 Å². The van der Waals surface area contributed by atoms with Gasteiger partial charge in [-0.15, -0.1) is 0 Å². The van der Waals surface area contributed by atoms with E-state index in [2.05, 4.69) is 0 Å². The normalized spacial score (nSPS) is 12.0. The van der Waals surface area contributed by atoms with Crippen molar-refractivity contribution >= 4 is 5.91 Å². The molecule has 0 aliphatic heterocycles. The van der Waals surface area contributed by atoms with Crippen LogP contribution in [0.4, 0.5) is 0 Å². The molecule has 0 N–H and O–H groups in total. The molecule has 0 aliphatic rings. The molecule has 4 heteroatoms. The summed E-state index contributed by atoms with van der Waals surface area (Å²) in [6, 6.07) is 9.49. The number of hydrogen-bond acceptors (Lipinski definition) is 3. The molecule has 0 bridgehead atoms. The molecular weight excluding hydrogens is 266 g/mol. The zero-order chi connectivity index (χ0) is 15.4. The minimum absolute atomic E-state index is 0.0148. The Hall–Kier alpha value is -2.23. The van der Waals surface area contributed by atoms with Crippen LogP contribution in [0.3, 0.4) is 0 Å². The van der Waals surface area contributed by atoms with Gasteiger partial charge in [0.1, 0.15) is 11.5 Å². The predicted octanol–water partition coefficient (Wildman–Crippen LogP) is 3.82. The largest absolute Gasteiger partial charge is 0.497 e. The van der Waals surface area contributed by atoms with Gasteiger partial charge in [0.15, 0.2) is 0 Å². The van der Waals surface area contributed by atoms with Crippen LogP contribution in [0, 0.1) is 6.92 Å². The first-order valence-corrected chi connectivity index (χ1v) is 7.07. The molecule has 4 nitrogen and oxygen atoms in total. The number of rotatable bonds is 5. The van der Waals surface area contributed by atoms with Crippen LogP contribution in [0.5, 0.6) is 5.75 Å². The summed E-state index contributed by atoms with van der Waals surface area (Å²) < 4.78 is 10.5. The van der Waals surface area contributed by atoms with Gasteiger partial charge in [-0.25, -0.2) is 0 Å². The summed E-state index contributed by atoms with van der Waals surface area (Å²) in [6.07, 6.45) is 1.55. The van der Waals surface area contributed by atoms with Crippen LogP contribution >= 0.6 is 0 Å². The zero-order valence-corrected chi connectivity index (χ0v) is 12.9. The minimum atomic E-state index is -0.0353. The van der Waals surface area contributed by atoms with Gasteiger partial charge < -0.3 is 14.1 Å². The molecule has 0 spiro atoms. The Morgan fingerprint density at radius 3 is 2.71 bits per heavy atom. The van der Waals surface area contributed by atoms with E-state index in [0.717, 1.165) is 11.3 Å². The van der Waals surface area contributed by atoms with Gasteiger partial charge in [-0.1, -0.05) is 12.1 Å². The highest BCUT2D eigenvalue weighted by atomic mass is 16.5. The molecule has 2 rings (SSSR count). The number of carbonyl (C=O) groups excluding carboxylic acids is 1. The van der Waals surface area contributed by atoms with Gasteiger partial charge >= 0.3 is 0 Å². The van der Waals surface area contributed by atoms with Crippen LogP contribution in [0.15, 0.2) is 41.0 Å². The molecule has 1 aromatic carbocycles. The molecule has 0 radical (unpaired) electrons. The minimum Gasteiger partial charge on any atom is -0.497 e. The lowest BCUT2D eigenvalue weighted by molar-refractivity contribution is 0.0700. The third-order valence-corrected chi connectivity index (χ3v) is 3.73. The maximum absolute atomic E-state index is 12.7. The van der Waals surface area contributed by atoms with Gasteiger partial charge in [0.25, 0.3) is 5.91 Å². The number of nitrogens with zero attached hydrogens (tertiary/aromatic N) is 1. The molecule has 0 fully saturated rings. The molecule has 2 aromatic rings. The van der Waals surface area contributed by atoms with Gasteiger partial charge in [-0.05, 0) is 44.5 Å². The number of furan rings is 1. The van der Waals surface area contributed by atoms with E-state index in [1.165, 1.54) is 0 Å².